The second kappa shape index (κ2) is 4.12. The van der Waals surface area contributed by atoms with E-state index in [0.29, 0.717) is 11.9 Å². The summed E-state index contributed by atoms with van der Waals surface area (Å²) in [5.74, 6) is 0.950. The van der Waals surface area contributed by atoms with Gasteiger partial charge in [0.05, 0.1) is 6.33 Å². The van der Waals surface area contributed by atoms with E-state index in [-0.39, 0.29) is 16.5 Å². The molecule has 2 aromatic heterocycles. The van der Waals surface area contributed by atoms with Gasteiger partial charge in [0.15, 0.2) is 5.82 Å². The lowest BCUT2D eigenvalue weighted by molar-refractivity contribution is 0.741. The Kier molecular flexibility index (Phi) is 2.60. The smallest absolute Gasteiger partial charge is 0.234 e. The first-order valence-corrected chi connectivity index (χ1v) is 5.84. The Morgan fingerprint density at radius 1 is 1.18 bits per heavy atom. The molecule has 6 nitrogen and oxygen atoms in total. The highest BCUT2D eigenvalue weighted by Gasteiger charge is 2.23. The summed E-state index contributed by atoms with van der Waals surface area (Å²) in [7, 11) is 0. The van der Waals surface area contributed by atoms with Gasteiger partial charge < -0.3 is 9.88 Å². The lowest BCUT2D eigenvalue weighted by Gasteiger charge is -2.01. The summed E-state index contributed by atoms with van der Waals surface area (Å²) in [4.78, 5) is 15.7. The van der Waals surface area contributed by atoms with Crippen LogP contribution in [0.3, 0.4) is 0 Å². The molecule has 0 unspecified atom stereocenters. The largest absolute Gasteiger partial charge is 0.332 e. The number of imidazole rings is 1. The van der Waals surface area contributed by atoms with Crippen LogP contribution in [-0.4, -0.2) is 24.5 Å². The fourth-order valence-electron chi connectivity index (χ4n) is 1.47. The van der Waals surface area contributed by atoms with Crippen molar-refractivity contribution in [3.8, 4) is 0 Å². The number of halogens is 2. The van der Waals surface area contributed by atoms with Gasteiger partial charge >= 0.3 is 0 Å². The van der Waals surface area contributed by atoms with Crippen molar-refractivity contribution in [1.82, 2.24) is 24.5 Å². The molecule has 0 aliphatic heterocycles. The van der Waals surface area contributed by atoms with Gasteiger partial charge in [-0.15, -0.1) is 0 Å². The van der Waals surface area contributed by atoms with E-state index >= 15 is 0 Å². The zero-order valence-corrected chi connectivity index (χ0v) is 10.2. The Morgan fingerprint density at radius 3 is 2.53 bits per heavy atom. The van der Waals surface area contributed by atoms with Crippen molar-refractivity contribution in [3.63, 3.8) is 0 Å². The minimum atomic E-state index is 0.0501. The quantitative estimate of drug-likeness (QED) is 0.928. The molecule has 0 saturated heterocycles. The van der Waals surface area contributed by atoms with Gasteiger partial charge in [-0.3, -0.25) is 0 Å². The van der Waals surface area contributed by atoms with Crippen LogP contribution in [0.4, 0.5) is 11.8 Å². The zero-order valence-electron chi connectivity index (χ0n) is 8.64. The van der Waals surface area contributed by atoms with Crippen molar-refractivity contribution in [2.24, 2.45) is 0 Å². The summed E-state index contributed by atoms with van der Waals surface area (Å²) < 4.78 is 2.06. The van der Waals surface area contributed by atoms with Crippen molar-refractivity contribution >= 4 is 35.0 Å². The average Bonchev–Trinajstić information content (AvgIpc) is 2.99. The average molecular weight is 271 g/mol. The molecule has 88 valence electrons. The third-order valence-electron chi connectivity index (χ3n) is 2.39. The molecule has 1 saturated carbocycles. The molecule has 1 aliphatic carbocycles. The van der Waals surface area contributed by atoms with Crippen LogP contribution in [0.25, 0.3) is 0 Å². The van der Waals surface area contributed by atoms with Crippen LogP contribution in [0.1, 0.15) is 18.9 Å². The number of hydrogen-bond donors (Lipinski definition) is 1. The van der Waals surface area contributed by atoms with E-state index < -0.39 is 0 Å². The second-order valence-electron chi connectivity index (χ2n) is 3.76. The molecule has 0 spiro atoms. The summed E-state index contributed by atoms with van der Waals surface area (Å²) in [6.45, 7) is 0. The molecule has 0 atom stereocenters. The molecule has 2 heterocycles. The number of hydrogen-bond acceptors (Lipinski definition) is 5. The van der Waals surface area contributed by atoms with E-state index in [1.165, 1.54) is 12.8 Å². The third-order valence-corrected chi connectivity index (χ3v) is 2.73. The molecular weight excluding hydrogens is 263 g/mol. The maximum Gasteiger partial charge on any atom is 0.234 e. The first-order valence-electron chi connectivity index (χ1n) is 5.08. The van der Waals surface area contributed by atoms with E-state index in [9.17, 15) is 0 Å². The summed E-state index contributed by atoms with van der Waals surface area (Å²) >= 11 is 11.3. The van der Waals surface area contributed by atoms with Crippen LogP contribution >= 0.6 is 23.2 Å². The number of anilines is 2. The molecular formula is C9H8Cl2N6. The van der Waals surface area contributed by atoms with Crippen LogP contribution < -0.4 is 5.32 Å². The topological polar surface area (TPSA) is 68.5 Å². The van der Waals surface area contributed by atoms with Crippen LogP contribution in [0.5, 0.6) is 0 Å². The summed E-state index contributed by atoms with van der Waals surface area (Å²) in [5, 5.41) is 3.03. The predicted octanol–water partition coefficient (Wildman–Crippen LogP) is 2.45. The lowest BCUT2D eigenvalue weighted by atomic mass is 10.6. The van der Waals surface area contributed by atoms with E-state index in [1.54, 1.807) is 6.33 Å². The van der Waals surface area contributed by atoms with Gasteiger partial charge in [0, 0.05) is 12.2 Å². The first kappa shape index (κ1) is 10.7. The number of nitrogens with zero attached hydrogens (tertiary/aromatic N) is 5. The standard InChI is InChI=1S/C9H8Cl2N6/c10-7-14-8(11)16-9(15-7)13-6-3-17(4-12-6)5-1-2-5/h3-5H,1-2H2,(H,13,14,15,16). The zero-order chi connectivity index (χ0) is 11.8. The molecule has 0 bridgehead atoms. The molecule has 1 N–H and O–H groups in total. The highest BCUT2D eigenvalue weighted by molar-refractivity contribution is 6.31. The molecule has 0 radical (unpaired) electrons. The molecule has 0 amide bonds. The van der Waals surface area contributed by atoms with Gasteiger partial charge in [0.25, 0.3) is 0 Å². The summed E-state index contributed by atoms with van der Waals surface area (Å²) in [6.07, 6.45) is 6.10. The van der Waals surface area contributed by atoms with Crippen LogP contribution in [0.15, 0.2) is 12.5 Å². The van der Waals surface area contributed by atoms with Gasteiger partial charge in [0.1, 0.15) is 0 Å². The van der Waals surface area contributed by atoms with Crippen molar-refractivity contribution in [1.29, 1.82) is 0 Å². The van der Waals surface area contributed by atoms with Gasteiger partial charge in [0.2, 0.25) is 16.5 Å². The maximum absolute atomic E-state index is 5.67. The van der Waals surface area contributed by atoms with E-state index in [0.717, 1.165) is 0 Å². The first-order chi connectivity index (χ1) is 8.20. The molecule has 17 heavy (non-hydrogen) atoms. The molecule has 1 aliphatic rings. The van der Waals surface area contributed by atoms with Gasteiger partial charge in [-0.1, -0.05) is 0 Å². The Bertz CT molecular complexity index is 530. The van der Waals surface area contributed by atoms with E-state index in [2.05, 4.69) is 29.8 Å². The van der Waals surface area contributed by atoms with Gasteiger partial charge in [-0.25, -0.2) is 4.98 Å². The van der Waals surface area contributed by atoms with E-state index in [1.807, 2.05) is 6.20 Å². The predicted molar refractivity (Wildman–Crippen MR) is 63.6 cm³/mol. The fourth-order valence-corrected chi connectivity index (χ4v) is 1.83. The van der Waals surface area contributed by atoms with Crippen LogP contribution in [-0.2, 0) is 0 Å². The lowest BCUT2D eigenvalue weighted by Crippen LogP contribution is -1.99. The van der Waals surface area contributed by atoms with Crippen molar-refractivity contribution < 1.29 is 0 Å². The minimum absolute atomic E-state index is 0.0501. The monoisotopic (exact) mass is 270 g/mol. The fraction of sp³-hybridized carbons (Fsp3) is 0.333. The van der Waals surface area contributed by atoms with Gasteiger partial charge in [-0.05, 0) is 36.0 Å². The molecule has 2 aromatic rings. The molecule has 8 heteroatoms. The Hall–Kier alpha value is -1.40. The van der Waals surface area contributed by atoms with Crippen molar-refractivity contribution in [2.75, 3.05) is 5.32 Å². The SMILES string of the molecule is Clc1nc(Cl)nc(Nc2cn(C3CC3)cn2)n1. The Labute approximate surface area is 107 Å². The third kappa shape index (κ3) is 2.48. The van der Waals surface area contributed by atoms with Crippen molar-refractivity contribution in [3.05, 3.63) is 23.1 Å². The Balaban J connectivity index is 1.80. The molecule has 3 rings (SSSR count). The minimum Gasteiger partial charge on any atom is -0.332 e. The summed E-state index contributed by atoms with van der Waals surface area (Å²) in [5.41, 5.74) is 0. The Morgan fingerprint density at radius 2 is 1.88 bits per heavy atom. The maximum atomic E-state index is 5.67. The normalized spacial score (nSPS) is 14.9. The molecule has 0 aromatic carbocycles. The molecule has 1 fully saturated rings. The van der Waals surface area contributed by atoms with Crippen LogP contribution in [0, 0.1) is 0 Å². The van der Waals surface area contributed by atoms with E-state index in [4.69, 9.17) is 23.2 Å². The van der Waals surface area contributed by atoms with Gasteiger partial charge in [-0.2, -0.15) is 15.0 Å². The highest BCUT2D eigenvalue weighted by atomic mass is 35.5. The van der Waals surface area contributed by atoms with Crippen molar-refractivity contribution in [2.45, 2.75) is 18.9 Å². The number of rotatable bonds is 3. The highest BCUT2D eigenvalue weighted by Crippen LogP contribution is 2.35. The van der Waals surface area contributed by atoms with Crippen LogP contribution in [0.2, 0.25) is 10.6 Å². The second-order valence-corrected chi connectivity index (χ2v) is 4.44. The summed E-state index contributed by atoms with van der Waals surface area (Å²) in [6, 6.07) is 0.587. The number of aromatic nitrogens is 5. The number of nitrogens with one attached hydrogen (secondary N) is 1.